The Morgan fingerprint density at radius 1 is 1.11 bits per heavy atom. The van der Waals surface area contributed by atoms with E-state index in [2.05, 4.69) is 42.2 Å². The van der Waals surface area contributed by atoms with Crippen LogP contribution in [0.2, 0.25) is 0 Å². The Morgan fingerprint density at radius 3 is 2.52 bits per heavy atom. The van der Waals surface area contributed by atoms with E-state index in [1.165, 1.54) is 41.3 Å². The molecular formula is C30H27F4N7OS2. The summed E-state index contributed by atoms with van der Waals surface area (Å²) in [5.41, 5.74) is 6.66. The van der Waals surface area contributed by atoms with Crippen LogP contribution in [0.15, 0.2) is 83.2 Å². The quantitative estimate of drug-likeness (QED) is 0.0982. The van der Waals surface area contributed by atoms with E-state index in [4.69, 9.17) is 12.2 Å². The van der Waals surface area contributed by atoms with Gasteiger partial charge in [-0.1, -0.05) is 49.9 Å². The highest BCUT2D eigenvalue weighted by atomic mass is 32.2. The molecular weight excluding hydrogens is 615 g/mol. The Kier molecular flexibility index (Phi) is 9.30. The van der Waals surface area contributed by atoms with Crippen LogP contribution < -0.4 is 15.1 Å². The van der Waals surface area contributed by atoms with Crippen molar-refractivity contribution in [1.82, 2.24) is 20.2 Å². The van der Waals surface area contributed by atoms with Crippen LogP contribution in [0, 0.1) is 5.82 Å². The number of hydrogen-bond acceptors (Lipinski definition) is 6. The minimum Gasteiger partial charge on any atom is -0.406 e. The predicted molar refractivity (Wildman–Crippen MR) is 169 cm³/mol. The molecule has 14 heteroatoms. The summed E-state index contributed by atoms with van der Waals surface area (Å²) in [4.78, 5) is 11.0. The van der Waals surface area contributed by atoms with Crippen LogP contribution in [0.25, 0.3) is 17.1 Å². The number of ether oxygens (including phenoxy) is 1. The van der Waals surface area contributed by atoms with Crippen molar-refractivity contribution in [2.45, 2.75) is 39.1 Å². The second kappa shape index (κ2) is 13.1. The van der Waals surface area contributed by atoms with E-state index in [1.807, 2.05) is 38.1 Å². The molecule has 0 radical (unpaired) electrons. The van der Waals surface area contributed by atoms with Crippen LogP contribution in [0.1, 0.15) is 37.8 Å². The lowest BCUT2D eigenvalue weighted by atomic mass is 10.00. The summed E-state index contributed by atoms with van der Waals surface area (Å²) in [5, 5.41) is 9.55. The van der Waals surface area contributed by atoms with E-state index in [9.17, 15) is 17.6 Å². The van der Waals surface area contributed by atoms with E-state index < -0.39 is 6.36 Å². The fraction of sp³-hybridized carbons (Fsp3) is 0.233. The monoisotopic (exact) mass is 641 g/mol. The summed E-state index contributed by atoms with van der Waals surface area (Å²) in [6.45, 7) is 6.15. The summed E-state index contributed by atoms with van der Waals surface area (Å²) in [6.07, 6.45) is -1.68. The molecule has 2 heterocycles. The number of nitrogens with zero attached hydrogens (tertiary/aromatic N) is 6. The first-order chi connectivity index (χ1) is 21.0. The number of anilines is 1. The average molecular weight is 642 g/mol. The number of thiocarbonyl (C=S) groups is 1. The van der Waals surface area contributed by atoms with Crippen molar-refractivity contribution in [3.05, 3.63) is 90.0 Å². The van der Waals surface area contributed by atoms with Crippen molar-refractivity contribution in [3.63, 3.8) is 0 Å². The molecule has 0 saturated carbocycles. The molecule has 1 fully saturated rings. The molecule has 228 valence electrons. The van der Waals surface area contributed by atoms with Gasteiger partial charge in [-0.15, -0.1) is 18.3 Å². The first kappa shape index (κ1) is 31.1. The van der Waals surface area contributed by atoms with Crippen LogP contribution in [0.4, 0.5) is 23.2 Å². The van der Waals surface area contributed by atoms with Crippen LogP contribution in [0.5, 0.6) is 5.75 Å². The fourth-order valence-corrected chi connectivity index (χ4v) is 5.78. The molecule has 3 aromatic carbocycles. The van der Waals surface area contributed by atoms with Crippen molar-refractivity contribution >= 4 is 46.2 Å². The van der Waals surface area contributed by atoms with Crippen LogP contribution in [-0.2, 0) is 0 Å². The van der Waals surface area contributed by atoms with Gasteiger partial charge in [-0.2, -0.15) is 10.1 Å². The van der Waals surface area contributed by atoms with Gasteiger partial charge in [-0.05, 0) is 78.7 Å². The molecule has 1 saturated heterocycles. The van der Waals surface area contributed by atoms with Crippen molar-refractivity contribution in [2.24, 2.45) is 10.1 Å². The molecule has 8 nitrogen and oxygen atoms in total. The number of aliphatic imine (C=N–C) groups is 1. The van der Waals surface area contributed by atoms with Crippen molar-refractivity contribution < 1.29 is 22.3 Å². The van der Waals surface area contributed by atoms with E-state index in [-0.39, 0.29) is 28.6 Å². The molecule has 1 N–H and O–H groups in total. The molecule has 0 bridgehead atoms. The fourth-order valence-electron chi connectivity index (χ4n) is 4.47. The topological polar surface area (TPSA) is 79.9 Å². The van der Waals surface area contributed by atoms with Crippen LogP contribution >= 0.6 is 24.0 Å². The number of hydrazone groups is 1. The number of halogens is 4. The Labute approximate surface area is 260 Å². The van der Waals surface area contributed by atoms with Gasteiger partial charge < -0.3 is 9.64 Å². The molecule has 0 amide bonds. The lowest BCUT2D eigenvalue weighted by Gasteiger charge is -2.27. The van der Waals surface area contributed by atoms with Gasteiger partial charge in [0.1, 0.15) is 17.9 Å². The number of benzene rings is 3. The maximum absolute atomic E-state index is 14.0. The summed E-state index contributed by atoms with van der Waals surface area (Å²) < 4.78 is 56.5. The van der Waals surface area contributed by atoms with Gasteiger partial charge >= 0.3 is 6.36 Å². The molecule has 0 aliphatic carbocycles. The standard InChI is InChI=1S/C30H27F4N7OS2/c1-18(2)25-14-22(31)8-13-26(25)41-19(3)16-44-29(41)37-28(43)38-36-15-20-4-6-21(7-5-20)27-35-17-40(39-27)23-9-11-24(12-10-23)42-30(32,33)34/h4-15,17-19H,16H2,1-3H3,(H,38,43)/b36-15+,37-29-. The number of amidine groups is 1. The molecule has 1 aromatic heterocycles. The zero-order valence-corrected chi connectivity index (χ0v) is 25.4. The SMILES string of the molecule is CC(C)c1cc(F)ccc1N1/C(=N/C(=S)N/N=C/c2ccc(-c3ncn(-c4ccc(OC(F)(F)F)cc4)n3)cc2)SCC1C. The zero-order chi connectivity index (χ0) is 31.4. The van der Waals surface area contributed by atoms with E-state index >= 15 is 0 Å². The highest BCUT2D eigenvalue weighted by Crippen LogP contribution is 2.36. The van der Waals surface area contributed by atoms with Crippen molar-refractivity contribution in [1.29, 1.82) is 0 Å². The van der Waals surface area contributed by atoms with Crippen molar-refractivity contribution in [2.75, 3.05) is 10.7 Å². The van der Waals surface area contributed by atoms with Crippen LogP contribution in [0.3, 0.4) is 0 Å². The minimum atomic E-state index is -4.76. The molecule has 5 rings (SSSR count). The highest BCUT2D eigenvalue weighted by Gasteiger charge is 2.31. The number of nitrogens with one attached hydrogen (secondary N) is 1. The maximum atomic E-state index is 14.0. The Bertz CT molecular complexity index is 1690. The Balaban J connectivity index is 1.21. The maximum Gasteiger partial charge on any atom is 0.573 e. The Hall–Kier alpha value is -4.30. The summed E-state index contributed by atoms with van der Waals surface area (Å²) in [5.74, 6) is 0.805. The second-order valence-electron chi connectivity index (χ2n) is 10.1. The third-order valence-corrected chi connectivity index (χ3v) is 7.92. The lowest BCUT2D eigenvalue weighted by Crippen LogP contribution is -2.33. The third kappa shape index (κ3) is 7.61. The largest absolute Gasteiger partial charge is 0.573 e. The van der Waals surface area contributed by atoms with Gasteiger partial charge in [0.25, 0.3) is 0 Å². The second-order valence-corrected chi connectivity index (χ2v) is 11.5. The number of hydrogen-bond donors (Lipinski definition) is 1. The number of rotatable bonds is 7. The van der Waals surface area contributed by atoms with Gasteiger partial charge in [0, 0.05) is 23.0 Å². The first-order valence-corrected chi connectivity index (χ1v) is 14.9. The lowest BCUT2D eigenvalue weighted by molar-refractivity contribution is -0.274. The van der Waals surface area contributed by atoms with Gasteiger partial charge in [-0.25, -0.2) is 14.1 Å². The summed E-state index contributed by atoms with van der Waals surface area (Å²) in [6, 6.07) is 17.6. The molecule has 0 spiro atoms. The average Bonchev–Trinajstić information content (AvgIpc) is 3.60. The van der Waals surface area contributed by atoms with Gasteiger partial charge in [-0.3, -0.25) is 5.43 Å². The first-order valence-electron chi connectivity index (χ1n) is 13.5. The van der Waals surface area contributed by atoms with Gasteiger partial charge in [0.05, 0.1) is 11.9 Å². The molecule has 1 aliphatic rings. The highest BCUT2D eigenvalue weighted by molar-refractivity contribution is 8.14. The minimum absolute atomic E-state index is 0.134. The molecule has 1 atom stereocenters. The van der Waals surface area contributed by atoms with Gasteiger partial charge in [0.15, 0.2) is 11.0 Å². The van der Waals surface area contributed by atoms with Crippen molar-refractivity contribution in [3.8, 4) is 22.8 Å². The molecule has 4 aromatic rings. The summed E-state index contributed by atoms with van der Waals surface area (Å²) >= 11 is 7.00. The van der Waals surface area contributed by atoms with Gasteiger partial charge in [0.2, 0.25) is 5.11 Å². The molecule has 44 heavy (non-hydrogen) atoms. The summed E-state index contributed by atoms with van der Waals surface area (Å²) in [7, 11) is 0. The normalized spacial score (nSPS) is 16.3. The number of alkyl halides is 3. The third-order valence-electron chi connectivity index (χ3n) is 6.54. The molecule has 1 aliphatic heterocycles. The van der Waals surface area contributed by atoms with E-state index in [0.717, 1.165) is 33.3 Å². The predicted octanol–water partition coefficient (Wildman–Crippen LogP) is 7.30. The van der Waals surface area contributed by atoms with E-state index in [0.29, 0.717) is 11.5 Å². The Morgan fingerprint density at radius 2 is 1.84 bits per heavy atom. The van der Waals surface area contributed by atoms with E-state index in [1.54, 1.807) is 30.1 Å². The smallest absolute Gasteiger partial charge is 0.406 e. The zero-order valence-electron chi connectivity index (χ0n) is 23.8. The number of thioether (sulfide) groups is 1. The van der Waals surface area contributed by atoms with Crippen LogP contribution in [-0.4, -0.2) is 49.4 Å². The number of aromatic nitrogens is 3. The molecule has 1 unspecified atom stereocenters.